The number of aliphatic hydroxyl groups is 1. The summed E-state index contributed by atoms with van der Waals surface area (Å²) in [7, 11) is 0. The monoisotopic (exact) mass is 422 g/mol. The number of hydrogen-bond acceptors (Lipinski definition) is 6. The summed E-state index contributed by atoms with van der Waals surface area (Å²) in [5.41, 5.74) is -0.0587. The Bertz CT molecular complexity index is 881. The van der Waals surface area contributed by atoms with Crippen LogP contribution in [-0.2, 0) is 6.18 Å². The number of phenolic OH excluding ortho intramolecular Hbond substituents is 1. The van der Waals surface area contributed by atoms with E-state index in [4.69, 9.17) is 0 Å². The number of alkyl halides is 3. The number of rotatable bonds is 5. The summed E-state index contributed by atoms with van der Waals surface area (Å²) in [6.07, 6.45) is -0.229. The Kier molecular flexibility index (Phi) is 5.59. The summed E-state index contributed by atoms with van der Waals surface area (Å²) < 4.78 is 38.8. The molecule has 1 aromatic carbocycles. The maximum Gasteiger partial charge on any atom is 0.416 e. The van der Waals surface area contributed by atoms with E-state index < -0.39 is 17.5 Å². The summed E-state index contributed by atoms with van der Waals surface area (Å²) in [5, 5.41) is 31.3. The molecule has 6 nitrogen and oxygen atoms in total. The molecule has 2 bridgehead atoms. The lowest BCUT2D eigenvalue weighted by Gasteiger charge is -2.40. The van der Waals surface area contributed by atoms with Gasteiger partial charge in [-0.05, 0) is 62.4 Å². The molecule has 2 saturated heterocycles. The number of aliphatic hydroxyl groups excluding tert-OH is 1. The lowest BCUT2D eigenvalue weighted by atomic mass is 9.97. The van der Waals surface area contributed by atoms with Crippen LogP contribution in [-0.4, -0.2) is 56.6 Å². The van der Waals surface area contributed by atoms with Crippen molar-refractivity contribution in [2.75, 3.05) is 18.5 Å². The quantitative estimate of drug-likeness (QED) is 0.684. The first kappa shape index (κ1) is 20.9. The van der Waals surface area contributed by atoms with Crippen molar-refractivity contribution in [3.05, 3.63) is 35.4 Å². The number of aryl methyl sites for hydroxylation is 1. The van der Waals surface area contributed by atoms with E-state index in [-0.39, 0.29) is 23.8 Å². The van der Waals surface area contributed by atoms with E-state index in [9.17, 15) is 23.4 Å². The molecule has 0 aliphatic carbocycles. The van der Waals surface area contributed by atoms with E-state index >= 15 is 0 Å². The van der Waals surface area contributed by atoms with E-state index in [1.165, 1.54) is 6.92 Å². The first-order chi connectivity index (χ1) is 14.3. The third-order valence-electron chi connectivity index (χ3n) is 6.22. The molecule has 0 radical (unpaired) electrons. The average molecular weight is 422 g/mol. The second kappa shape index (κ2) is 8.03. The third kappa shape index (κ3) is 3.96. The van der Waals surface area contributed by atoms with Gasteiger partial charge in [-0.25, -0.2) is 0 Å². The molecule has 9 heteroatoms. The number of halogens is 3. The third-order valence-corrected chi connectivity index (χ3v) is 6.22. The summed E-state index contributed by atoms with van der Waals surface area (Å²) in [6, 6.07) is 6.18. The molecular formula is C21H25F3N4O2. The van der Waals surface area contributed by atoms with Gasteiger partial charge >= 0.3 is 6.18 Å². The van der Waals surface area contributed by atoms with Gasteiger partial charge in [0.2, 0.25) is 0 Å². The number of benzene rings is 1. The fraction of sp³-hybridized carbons (Fsp3) is 0.524. The van der Waals surface area contributed by atoms with Crippen molar-refractivity contribution in [1.29, 1.82) is 0 Å². The van der Waals surface area contributed by atoms with Crippen LogP contribution < -0.4 is 5.32 Å². The van der Waals surface area contributed by atoms with E-state index in [2.05, 4.69) is 20.4 Å². The molecular weight excluding hydrogens is 397 g/mol. The average Bonchev–Trinajstić information content (AvgIpc) is 2.96. The topological polar surface area (TPSA) is 81.5 Å². The molecule has 3 atom stereocenters. The van der Waals surface area contributed by atoms with Crippen molar-refractivity contribution in [3.8, 4) is 17.0 Å². The molecule has 2 aliphatic rings. The van der Waals surface area contributed by atoms with Crippen LogP contribution in [0.15, 0.2) is 24.3 Å². The zero-order chi connectivity index (χ0) is 21.5. The van der Waals surface area contributed by atoms with Crippen molar-refractivity contribution in [2.45, 2.75) is 56.9 Å². The summed E-state index contributed by atoms with van der Waals surface area (Å²) in [4.78, 5) is 2.37. The van der Waals surface area contributed by atoms with Gasteiger partial charge in [0.15, 0.2) is 0 Å². The SMILES string of the molecule is Cc1cc(C(F)(F)F)cc(O)c1-c1ccc(N[C@H]2CC[C@@H]3CC[C@H]2N3CCO)nn1. The second-order valence-corrected chi connectivity index (χ2v) is 8.08. The van der Waals surface area contributed by atoms with Gasteiger partial charge < -0.3 is 15.5 Å². The van der Waals surface area contributed by atoms with Gasteiger partial charge in [0.05, 0.1) is 17.9 Å². The molecule has 0 amide bonds. The van der Waals surface area contributed by atoms with Crippen LogP contribution in [0.3, 0.4) is 0 Å². The molecule has 2 aliphatic heterocycles. The highest BCUT2D eigenvalue weighted by Crippen LogP contribution is 2.39. The zero-order valence-electron chi connectivity index (χ0n) is 16.7. The van der Waals surface area contributed by atoms with Crippen LogP contribution in [0.25, 0.3) is 11.3 Å². The smallest absolute Gasteiger partial charge is 0.416 e. The standard InChI is InChI=1S/C21H25F3N4O2/c1-12-10-13(21(22,23)24)11-18(30)20(12)16-5-7-19(27-26-16)25-15-4-2-14-3-6-17(15)28(14)8-9-29/h5,7,10-11,14-15,17,29-30H,2-4,6,8-9H2,1H3,(H,25,27)/t14-,15+,17-/m1/s1. The van der Waals surface area contributed by atoms with Crippen molar-refractivity contribution in [2.24, 2.45) is 0 Å². The van der Waals surface area contributed by atoms with Crippen molar-refractivity contribution in [3.63, 3.8) is 0 Å². The summed E-state index contributed by atoms with van der Waals surface area (Å²) in [5.74, 6) is 0.114. The fourth-order valence-electron chi connectivity index (χ4n) is 4.90. The Morgan fingerprint density at radius 2 is 1.90 bits per heavy atom. The van der Waals surface area contributed by atoms with Crippen LogP contribution in [0.5, 0.6) is 5.75 Å². The van der Waals surface area contributed by atoms with Gasteiger partial charge in [-0.1, -0.05) is 0 Å². The molecule has 2 aromatic rings. The number of aromatic hydroxyl groups is 1. The summed E-state index contributed by atoms with van der Waals surface area (Å²) in [6.45, 7) is 2.32. The Balaban J connectivity index is 1.51. The van der Waals surface area contributed by atoms with E-state index in [0.29, 0.717) is 36.2 Å². The molecule has 1 aromatic heterocycles. The maximum absolute atomic E-state index is 12.9. The molecule has 4 rings (SSSR count). The molecule has 0 unspecified atom stereocenters. The van der Waals surface area contributed by atoms with Gasteiger partial charge in [-0.3, -0.25) is 4.90 Å². The van der Waals surface area contributed by atoms with Gasteiger partial charge in [0.25, 0.3) is 0 Å². The van der Waals surface area contributed by atoms with Gasteiger partial charge in [0.1, 0.15) is 11.6 Å². The Morgan fingerprint density at radius 1 is 1.13 bits per heavy atom. The number of anilines is 1. The first-order valence-electron chi connectivity index (χ1n) is 10.2. The van der Waals surface area contributed by atoms with Crippen LogP contribution in [0.4, 0.5) is 19.0 Å². The molecule has 162 valence electrons. The highest BCUT2D eigenvalue weighted by atomic mass is 19.4. The van der Waals surface area contributed by atoms with E-state index in [1.54, 1.807) is 12.1 Å². The van der Waals surface area contributed by atoms with E-state index in [1.807, 2.05) is 0 Å². The Morgan fingerprint density at radius 3 is 2.53 bits per heavy atom. The predicted octanol–water partition coefficient (Wildman–Crippen LogP) is 3.58. The maximum atomic E-state index is 12.9. The molecule has 2 fully saturated rings. The summed E-state index contributed by atoms with van der Waals surface area (Å²) >= 11 is 0. The number of piperidine rings is 1. The Labute approximate surface area is 172 Å². The largest absolute Gasteiger partial charge is 0.507 e. The minimum Gasteiger partial charge on any atom is -0.507 e. The minimum absolute atomic E-state index is 0.143. The molecule has 3 N–H and O–H groups in total. The highest BCUT2D eigenvalue weighted by Gasteiger charge is 2.42. The Hall–Kier alpha value is -2.39. The van der Waals surface area contributed by atoms with Crippen LogP contribution in [0.1, 0.15) is 36.8 Å². The molecule has 3 heterocycles. The molecule has 30 heavy (non-hydrogen) atoms. The lowest BCUT2D eigenvalue weighted by molar-refractivity contribution is -0.137. The van der Waals surface area contributed by atoms with Crippen molar-refractivity contribution in [1.82, 2.24) is 15.1 Å². The number of hydrogen-bond donors (Lipinski definition) is 3. The van der Waals surface area contributed by atoms with Gasteiger partial charge in [0, 0.05) is 30.2 Å². The number of aromatic nitrogens is 2. The van der Waals surface area contributed by atoms with Gasteiger partial charge in [-0.15, -0.1) is 10.2 Å². The number of nitrogens with zero attached hydrogens (tertiary/aromatic N) is 3. The normalized spacial score (nSPS) is 24.2. The molecule has 0 spiro atoms. The minimum atomic E-state index is -4.52. The predicted molar refractivity (Wildman–Crippen MR) is 106 cm³/mol. The van der Waals surface area contributed by atoms with Crippen molar-refractivity contribution < 1.29 is 23.4 Å². The molecule has 0 saturated carbocycles. The number of fused-ring (bicyclic) bond motifs is 2. The van der Waals surface area contributed by atoms with Crippen LogP contribution in [0.2, 0.25) is 0 Å². The van der Waals surface area contributed by atoms with Crippen LogP contribution >= 0.6 is 0 Å². The number of phenols is 1. The fourth-order valence-corrected chi connectivity index (χ4v) is 4.90. The van der Waals surface area contributed by atoms with E-state index in [0.717, 1.165) is 31.7 Å². The first-order valence-corrected chi connectivity index (χ1v) is 10.2. The highest BCUT2D eigenvalue weighted by molar-refractivity contribution is 5.71. The second-order valence-electron chi connectivity index (χ2n) is 8.08. The lowest BCUT2D eigenvalue weighted by Crippen LogP contribution is -2.51. The van der Waals surface area contributed by atoms with Crippen LogP contribution in [0, 0.1) is 6.92 Å². The van der Waals surface area contributed by atoms with Gasteiger partial charge in [-0.2, -0.15) is 13.2 Å². The number of nitrogens with one attached hydrogen (secondary N) is 1. The zero-order valence-corrected chi connectivity index (χ0v) is 16.7. The van der Waals surface area contributed by atoms with Crippen molar-refractivity contribution >= 4 is 5.82 Å².